The van der Waals surface area contributed by atoms with Crippen molar-refractivity contribution in [2.24, 2.45) is 0 Å². The molecule has 164 valence electrons. The van der Waals surface area contributed by atoms with Crippen molar-refractivity contribution in [1.29, 1.82) is 0 Å². The maximum absolute atomic E-state index is 13.3. The molecule has 0 radical (unpaired) electrons. The first-order valence-corrected chi connectivity index (χ1v) is 11.4. The monoisotopic (exact) mass is 448 g/mol. The number of anilines is 1. The molecule has 1 aromatic heterocycles. The molecule has 1 amide bonds. The summed E-state index contributed by atoms with van der Waals surface area (Å²) in [5, 5.41) is 13.2. The van der Waals surface area contributed by atoms with Gasteiger partial charge in [-0.3, -0.25) is 9.69 Å². The molecule has 3 aromatic rings. The Morgan fingerprint density at radius 2 is 1.69 bits per heavy atom. The maximum Gasteiger partial charge on any atom is 0.251 e. The van der Waals surface area contributed by atoms with Gasteiger partial charge in [0.15, 0.2) is 0 Å². The van der Waals surface area contributed by atoms with Crippen molar-refractivity contribution >= 4 is 29.2 Å². The molecule has 0 aliphatic carbocycles. The van der Waals surface area contributed by atoms with Gasteiger partial charge >= 0.3 is 0 Å². The zero-order chi connectivity index (χ0) is 21.9. The van der Waals surface area contributed by atoms with Crippen LogP contribution in [0.15, 0.2) is 60.7 Å². The summed E-state index contributed by atoms with van der Waals surface area (Å²) in [5.41, 5.74) is 2.94. The zero-order valence-corrected chi connectivity index (χ0v) is 18.5. The van der Waals surface area contributed by atoms with E-state index in [4.69, 9.17) is 11.6 Å². The van der Waals surface area contributed by atoms with Crippen LogP contribution >= 0.6 is 11.6 Å². The molecule has 2 aromatic carbocycles. The van der Waals surface area contributed by atoms with Gasteiger partial charge in [-0.25, -0.2) is 0 Å². The number of carbonyl (C=O) groups is 1. The van der Waals surface area contributed by atoms with Crippen molar-refractivity contribution in [3.8, 4) is 0 Å². The molecule has 8 heteroatoms. The normalized spacial score (nSPS) is 18.7. The first-order valence-electron chi connectivity index (χ1n) is 11.1. The molecule has 1 fully saturated rings. The molecule has 2 aliphatic heterocycles. The second-order valence-corrected chi connectivity index (χ2v) is 8.66. The number of allylic oxidation sites excluding steroid dienone is 1. The lowest BCUT2D eigenvalue weighted by Gasteiger charge is -2.34. The number of likely N-dealkylation sites (tertiary alicyclic amines) is 1. The molecule has 2 aliphatic rings. The van der Waals surface area contributed by atoms with E-state index in [1.807, 2.05) is 52.3 Å². The van der Waals surface area contributed by atoms with Crippen molar-refractivity contribution in [1.82, 2.24) is 25.1 Å². The molecular weight excluding hydrogens is 424 g/mol. The van der Waals surface area contributed by atoms with Gasteiger partial charge in [0.1, 0.15) is 12.6 Å². The summed E-state index contributed by atoms with van der Waals surface area (Å²) in [6.45, 7) is 1.81. The number of amides is 1. The highest BCUT2D eigenvalue weighted by atomic mass is 35.5. The highest BCUT2D eigenvalue weighted by molar-refractivity contribution is 6.30. The minimum absolute atomic E-state index is 0.0967. The van der Waals surface area contributed by atoms with Crippen LogP contribution < -0.4 is 4.90 Å². The number of hydrogen-bond donors (Lipinski definition) is 0. The van der Waals surface area contributed by atoms with Crippen LogP contribution in [0.2, 0.25) is 5.02 Å². The van der Waals surface area contributed by atoms with Gasteiger partial charge in [-0.1, -0.05) is 72.0 Å². The van der Waals surface area contributed by atoms with Gasteiger partial charge in [-0.2, -0.15) is 4.68 Å². The molecule has 0 N–H and O–H groups in total. The Kier molecular flexibility index (Phi) is 5.90. The molecule has 3 heterocycles. The SMILES string of the molecule is O=C(CN1C(c2ccc(Cl)cc2)=C[C@@H](c2ccccc2)n2nnnc21)N1CCCCCC1. The number of halogens is 1. The predicted octanol–water partition coefficient (Wildman–Crippen LogP) is 4.18. The van der Waals surface area contributed by atoms with Crippen LogP contribution in [0.5, 0.6) is 0 Å². The Bertz CT molecular complexity index is 1100. The Hall–Kier alpha value is -3.19. The number of fused-ring (bicyclic) bond motifs is 1. The van der Waals surface area contributed by atoms with E-state index in [0.717, 1.165) is 42.8 Å². The van der Waals surface area contributed by atoms with Crippen LogP contribution in [0, 0.1) is 0 Å². The van der Waals surface area contributed by atoms with Gasteiger partial charge in [0, 0.05) is 18.1 Å². The predicted molar refractivity (Wildman–Crippen MR) is 124 cm³/mol. The minimum Gasteiger partial charge on any atom is -0.341 e. The lowest BCUT2D eigenvalue weighted by atomic mass is 10.0. The van der Waals surface area contributed by atoms with Crippen LogP contribution in [0.1, 0.15) is 42.9 Å². The highest BCUT2D eigenvalue weighted by Crippen LogP contribution is 2.36. The summed E-state index contributed by atoms with van der Waals surface area (Å²) < 4.78 is 1.78. The van der Waals surface area contributed by atoms with E-state index in [9.17, 15) is 4.79 Å². The van der Waals surface area contributed by atoms with E-state index in [2.05, 4.69) is 33.7 Å². The number of hydrogen-bond acceptors (Lipinski definition) is 5. The Morgan fingerprint density at radius 1 is 0.969 bits per heavy atom. The summed E-state index contributed by atoms with van der Waals surface area (Å²) in [5.74, 6) is 0.661. The molecule has 1 saturated heterocycles. The summed E-state index contributed by atoms with van der Waals surface area (Å²) in [7, 11) is 0. The van der Waals surface area contributed by atoms with E-state index in [-0.39, 0.29) is 18.5 Å². The number of benzene rings is 2. The number of tetrazole rings is 1. The number of carbonyl (C=O) groups excluding carboxylic acids is 1. The van der Waals surface area contributed by atoms with E-state index < -0.39 is 0 Å². The van der Waals surface area contributed by atoms with Crippen molar-refractivity contribution in [2.45, 2.75) is 31.7 Å². The van der Waals surface area contributed by atoms with Crippen LogP contribution in [-0.4, -0.2) is 50.6 Å². The van der Waals surface area contributed by atoms with Gasteiger partial charge < -0.3 is 4.90 Å². The van der Waals surface area contributed by atoms with Gasteiger partial charge in [0.05, 0.1) is 5.70 Å². The van der Waals surface area contributed by atoms with Gasteiger partial charge in [-0.15, -0.1) is 0 Å². The summed E-state index contributed by atoms with van der Waals surface area (Å²) >= 11 is 6.15. The van der Waals surface area contributed by atoms with Crippen molar-refractivity contribution < 1.29 is 4.79 Å². The highest BCUT2D eigenvalue weighted by Gasteiger charge is 2.32. The molecule has 0 spiro atoms. The smallest absolute Gasteiger partial charge is 0.251 e. The first kappa shape index (κ1) is 20.7. The molecule has 7 nitrogen and oxygen atoms in total. The first-order chi connectivity index (χ1) is 15.7. The molecule has 32 heavy (non-hydrogen) atoms. The third kappa shape index (κ3) is 4.12. The lowest BCUT2D eigenvalue weighted by molar-refractivity contribution is -0.129. The second kappa shape index (κ2) is 9.12. The summed E-state index contributed by atoms with van der Waals surface area (Å²) in [6.07, 6.45) is 6.59. The van der Waals surface area contributed by atoms with Crippen LogP contribution in [0.4, 0.5) is 5.95 Å². The Morgan fingerprint density at radius 3 is 2.41 bits per heavy atom. The standard InChI is InChI=1S/C24H25ClN6O/c25-20-12-10-19(11-13-20)21-16-22(18-8-4-3-5-9-18)31-24(26-27-28-31)30(21)17-23(32)29-14-6-1-2-7-15-29/h3-5,8-13,16,22H,1-2,6-7,14-15,17H2/t22-/m0/s1. The number of rotatable bonds is 4. The van der Waals surface area contributed by atoms with E-state index in [1.54, 1.807) is 4.68 Å². The molecular formula is C24H25ClN6O. The molecule has 0 unspecified atom stereocenters. The third-order valence-corrected chi connectivity index (χ3v) is 6.37. The van der Waals surface area contributed by atoms with Crippen LogP contribution in [0.3, 0.4) is 0 Å². The fraction of sp³-hybridized carbons (Fsp3) is 0.333. The molecule has 0 bridgehead atoms. The lowest BCUT2D eigenvalue weighted by Crippen LogP contribution is -2.42. The molecule has 5 rings (SSSR count). The third-order valence-electron chi connectivity index (χ3n) is 6.12. The van der Waals surface area contributed by atoms with Gasteiger partial charge in [-0.05, 0) is 52.6 Å². The van der Waals surface area contributed by atoms with Crippen LogP contribution in [0.25, 0.3) is 5.70 Å². The fourth-order valence-corrected chi connectivity index (χ4v) is 4.56. The van der Waals surface area contributed by atoms with E-state index in [1.165, 1.54) is 12.8 Å². The Labute approximate surface area is 192 Å². The number of aromatic nitrogens is 4. The quantitative estimate of drug-likeness (QED) is 0.599. The van der Waals surface area contributed by atoms with Gasteiger partial charge in [0.2, 0.25) is 5.91 Å². The number of nitrogens with zero attached hydrogens (tertiary/aromatic N) is 6. The zero-order valence-electron chi connectivity index (χ0n) is 17.8. The molecule has 0 saturated carbocycles. The average Bonchev–Trinajstić information content (AvgIpc) is 3.15. The van der Waals surface area contributed by atoms with Crippen molar-refractivity contribution in [2.75, 3.05) is 24.5 Å². The van der Waals surface area contributed by atoms with E-state index >= 15 is 0 Å². The topological polar surface area (TPSA) is 67.2 Å². The summed E-state index contributed by atoms with van der Waals surface area (Å²) in [4.78, 5) is 17.2. The van der Waals surface area contributed by atoms with Crippen molar-refractivity contribution in [3.63, 3.8) is 0 Å². The fourth-order valence-electron chi connectivity index (χ4n) is 4.44. The van der Waals surface area contributed by atoms with Gasteiger partial charge in [0.25, 0.3) is 5.95 Å². The van der Waals surface area contributed by atoms with Crippen molar-refractivity contribution in [3.05, 3.63) is 76.8 Å². The largest absolute Gasteiger partial charge is 0.341 e. The Balaban J connectivity index is 1.54. The summed E-state index contributed by atoms with van der Waals surface area (Å²) in [6, 6.07) is 17.6. The van der Waals surface area contributed by atoms with Crippen LogP contribution in [-0.2, 0) is 4.79 Å². The maximum atomic E-state index is 13.3. The second-order valence-electron chi connectivity index (χ2n) is 8.22. The molecule has 1 atom stereocenters. The minimum atomic E-state index is -0.170. The van der Waals surface area contributed by atoms with E-state index in [0.29, 0.717) is 11.0 Å². The average molecular weight is 449 g/mol.